The summed E-state index contributed by atoms with van der Waals surface area (Å²) in [6.45, 7) is 0. The molecule has 1 atom stereocenters. The highest BCUT2D eigenvalue weighted by atomic mass is 32.2. The minimum Gasteiger partial charge on any atom is -0.469 e. The lowest BCUT2D eigenvalue weighted by molar-refractivity contribution is -0.141. The van der Waals surface area contributed by atoms with Gasteiger partial charge in [0.2, 0.25) is 0 Å². The molecule has 21 heavy (non-hydrogen) atoms. The van der Waals surface area contributed by atoms with Gasteiger partial charge in [-0.15, -0.1) is 0 Å². The molecule has 1 unspecified atom stereocenters. The van der Waals surface area contributed by atoms with E-state index in [1.165, 1.54) is 7.11 Å². The highest BCUT2D eigenvalue weighted by Crippen LogP contribution is 2.28. The molecule has 1 aliphatic rings. The Kier molecular flexibility index (Phi) is 5.39. The third-order valence-electron chi connectivity index (χ3n) is 4.15. The number of ether oxygens (including phenoxy) is 1. The van der Waals surface area contributed by atoms with Crippen LogP contribution in [0.3, 0.4) is 0 Å². The Balaban J connectivity index is 2.20. The Morgan fingerprint density at radius 3 is 2.38 bits per heavy atom. The Bertz CT molecular complexity index is 559. The van der Waals surface area contributed by atoms with Gasteiger partial charge in [-0.3, -0.25) is 4.79 Å². The van der Waals surface area contributed by atoms with Gasteiger partial charge in [-0.1, -0.05) is 49.6 Å². The molecule has 1 fully saturated rings. The topological polar surface area (TPSA) is 60.4 Å². The zero-order valence-corrected chi connectivity index (χ0v) is 13.1. The summed E-state index contributed by atoms with van der Waals surface area (Å²) in [5, 5.41) is -0.304. The van der Waals surface area contributed by atoms with Gasteiger partial charge >= 0.3 is 5.97 Å². The third kappa shape index (κ3) is 4.06. The van der Waals surface area contributed by atoms with E-state index in [1.54, 1.807) is 24.3 Å². The highest BCUT2D eigenvalue weighted by Gasteiger charge is 2.33. The fourth-order valence-corrected chi connectivity index (χ4v) is 5.04. The van der Waals surface area contributed by atoms with Crippen LogP contribution in [0.25, 0.3) is 0 Å². The van der Waals surface area contributed by atoms with Crippen molar-refractivity contribution in [2.75, 3.05) is 12.9 Å². The number of hydrogen-bond donors (Lipinski definition) is 0. The van der Waals surface area contributed by atoms with E-state index < -0.39 is 21.7 Å². The fourth-order valence-electron chi connectivity index (χ4n) is 2.92. The first-order chi connectivity index (χ1) is 10.0. The molecule has 1 aromatic carbocycles. The van der Waals surface area contributed by atoms with Gasteiger partial charge in [-0.25, -0.2) is 8.42 Å². The van der Waals surface area contributed by atoms with Gasteiger partial charge in [0, 0.05) is 0 Å². The van der Waals surface area contributed by atoms with E-state index in [0.29, 0.717) is 18.4 Å². The van der Waals surface area contributed by atoms with Crippen LogP contribution in [0.2, 0.25) is 0 Å². The number of carbonyl (C=O) groups is 1. The zero-order valence-electron chi connectivity index (χ0n) is 12.3. The number of benzene rings is 1. The van der Waals surface area contributed by atoms with Gasteiger partial charge in [0.1, 0.15) is 0 Å². The molecule has 0 bridgehead atoms. The van der Waals surface area contributed by atoms with Crippen LogP contribution in [0, 0.1) is 0 Å². The smallest absolute Gasteiger partial charge is 0.314 e. The highest BCUT2D eigenvalue weighted by molar-refractivity contribution is 7.92. The molecule has 1 aliphatic carbocycles. The Morgan fingerprint density at radius 1 is 1.19 bits per heavy atom. The standard InChI is InChI=1S/C16H22O4S/c1-20-16(17)15(13-8-4-2-5-9-13)12-21(18,19)14-10-6-3-7-11-14/h2,4-5,8-9,14-15H,3,6-7,10-12H2,1H3. The second kappa shape index (κ2) is 7.07. The van der Waals surface area contributed by atoms with Crippen LogP contribution in [0.15, 0.2) is 30.3 Å². The van der Waals surface area contributed by atoms with E-state index in [-0.39, 0.29) is 11.0 Å². The van der Waals surface area contributed by atoms with Gasteiger partial charge < -0.3 is 4.74 Å². The lowest BCUT2D eigenvalue weighted by atomic mass is 10.0. The molecule has 5 heteroatoms. The summed E-state index contributed by atoms with van der Waals surface area (Å²) in [4.78, 5) is 12.0. The maximum absolute atomic E-state index is 12.6. The summed E-state index contributed by atoms with van der Waals surface area (Å²) in [5.74, 6) is -1.38. The molecular formula is C16H22O4S. The maximum atomic E-state index is 12.6. The van der Waals surface area contributed by atoms with E-state index in [0.717, 1.165) is 19.3 Å². The first kappa shape index (κ1) is 16.0. The van der Waals surface area contributed by atoms with Crippen molar-refractivity contribution in [3.05, 3.63) is 35.9 Å². The summed E-state index contributed by atoms with van der Waals surface area (Å²) in [6.07, 6.45) is 4.44. The molecule has 0 aliphatic heterocycles. The summed E-state index contributed by atoms with van der Waals surface area (Å²) < 4.78 is 30.0. The normalized spacial score (nSPS) is 18.1. The predicted molar refractivity (Wildman–Crippen MR) is 81.9 cm³/mol. The number of sulfone groups is 1. The second-order valence-electron chi connectivity index (χ2n) is 5.58. The summed E-state index contributed by atoms with van der Waals surface area (Å²) in [6, 6.07) is 9.00. The van der Waals surface area contributed by atoms with Crippen LogP contribution in [0.4, 0.5) is 0 Å². The Labute approximate surface area is 126 Å². The summed E-state index contributed by atoms with van der Waals surface area (Å²) in [5.41, 5.74) is 0.698. The SMILES string of the molecule is COC(=O)C(CS(=O)(=O)C1CCCCC1)c1ccccc1. The van der Waals surface area contributed by atoms with E-state index in [1.807, 2.05) is 6.07 Å². The average molecular weight is 310 g/mol. The predicted octanol–water partition coefficient (Wildman–Crippen LogP) is 2.69. The molecule has 0 saturated heterocycles. The van der Waals surface area contributed by atoms with Gasteiger partial charge in [-0.05, 0) is 18.4 Å². The van der Waals surface area contributed by atoms with E-state index in [2.05, 4.69) is 0 Å². The van der Waals surface area contributed by atoms with Crippen LogP contribution in [-0.4, -0.2) is 32.5 Å². The largest absolute Gasteiger partial charge is 0.469 e. The van der Waals surface area contributed by atoms with E-state index in [4.69, 9.17) is 4.74 Å². The van der Waals surface area contributed by atoms with Crippen molar-refractivity contribution in [3.8, 4) is 0 Å². The van der Waals surface area contributed by atoms with Gasteiger partial charge in [-0.2, -0.15) is 0 Å². The fraction of sp³-hybridized carbons (Fsp3) is 0.562. The van der Waals surface area contributed by atoms with Gasteiger partial charge in [0.05, 0.1) is 24.0 Å². The van der Waals surface area contributed by atoms with Crippen molar-refractivity contribution in [1.82, 2.24) is 0 Å². The van der Waals surface area contributed by atoms with Crippen molar-refractivity contribution in [3.63, 3.8) is 0 Å². The summed E-state index contributed by atoms with van der Waals surface area (Å²) >= 11 is 0. The van der Waals surface area contributed by atoms with Crippen molar-refractivity contribution < 1.29 is 17.9 Å². The van der Waals surface area contributed by atoms with Crippen LogP contribution in [0.1, 0.15) is 43.6 Å². The third-order valence-corrected chi connectivity index (χ3v) is 6.43. The summed E-state index contributed by atoms with van der Waals surface area (Å²) in [7, 11) is -1.99. The lowest BCUT2D eigenvalue weighted by Gasteiger charge is -2.24. The first-order valence-corrected chi connectivity index (χ1v) is 9.10. The minimum absolute atomic E-state index is 0.158. The molecular weight excluding hydrogens is 288 g/mol. The number of esters is 1. The van der Waals surface area contributed by atoms with Crippen molar-refractivity contribution in [2.45, 2.75) is 43.3 Å². The minimum atomic E-state index is -3.29. The number of carbonyl (C=O) groups excluding carboxylic acids is 1. The Hall–Kier alpha value is -1.36. The molecule has 1 aromatic rings. The van der Waals surface area contributed by atoms with Crippen LogP contribution in [0.5, 0.6) is 0 Å². The van der Waals surface area contributed by atoms with E-state index in [9.17, 15) is 13.2 Å². The molecule has 0 heterocycles. The Morgan fingerprint density at radius 2 is 1.81 bits per heavy atom. The molecule has 1 saturated carbocycles. The van der Waals surface area contributed by atoms with Crippen molar-refractivity contribution >= 4 is 15.8 Å². The number of rotatable bonds is 5. The zero-order chi connectivity index (χ0) is 15.3. The van der Waals surface area contributed by atoms with Crippen LogP contribution in [-0.2, 0) is 19.4 Å². The second-order valence-corrected chi connectivity index (χ2v) is 7.90. The van der Waals surface area contributed by atoms with E-state index >= 15 is 0 Å². The maximum Gasteiger partial charge on any atom is 0.314 e. The van der Waals surface area contributed by atoms with Crippen molar-refractivity contribution in [1.29, 1.82) is 0 Å². The monoisotopic (exact) mass is 310 g/mol. The molecule has 4 nitrogen and oxygen atoms in total. The quantitative estimate of drug-likeness (QED) is 0.785. The van der Waals surface area contributed by atoms with Gasteiger partial charge in [0.25, 0.3) is 0 Å². The first-order valence-electron chi connectivity index (χ1n) is 7.39. The molecule has 0 aromatic heterocycles. The number of hydrogen-bond acceptors (Lipinski definition) is 4. The van der Waals surface area contributed by atoms with Gasteiger partial charge in [0.15, 0.2) is 9.84 Å². The van der Waals surface area contributed by atoms with Crippen molar-refractivity contribution in [2.24, 2.45) is 0 Å². The molecule has 0 spiro atoms. The van der Waals surface area contributed by atoms with Crippen LogP contribution >= 0.6 is 0 Å². The lowest BCUT2D eigenvalue weighted by Crippen LogP contribution is -2.31. The molecule has 116 valence electrons. The molecule has 0 amide bonds. The molecule has 2 rings (SSSR count). The number of methoxy groups -OCH3 is 1. The van der Waals surface area contributed by atoms with Crippen LogP contribution < -0.4 is 0 Å². The average Bonchev–Trinajstić information content (AvgIpc) is 2.53. The molecule has 0 N–H and O–H groups in total. The molecule has 0 radical (unpaired) electrons.